The summed E-state index contributed by atoms with van der Waals surface area (Å²) in [4.78, 5) is 16.9. The molecule has 0 aliphatic carbocycles. The van der Waals surface area contributed by atoms with E-state index in [1.54, 1.807) is 0 Å². The van der Waals surface area contributed by atoms with Crippen LogP contribution in [0.3, 0.4) is 0 Å². The topological polar surface area (TPSA) is 71.8 Å². The van der Waals surface area contributed by atoms with Gasteiger partial charge in [0.15, 0.2) is 5.69 Å². The molecule has 0 radical (unpaired) electrons. The third-order valence-corrected chi connectivity index (χ3v) is 4.91. The minimum atomic E-state index is -4.78. The third kappa shape index (κ3) is 4.48. The first-order valence-corrected chi connectivity index (χ1v) is 8.85. The van der Waals surface area contributed by atoms with E-state index in [0.717, 1.165) is 16.2 Å². The van der Waals surface area contributed by atoms with Crippen LogP contribution >= 0.6 is 11.3 Å². The lowest BCUT2D eigenvalue weighted by Gasteiger charge is -2.15. The van der Waals surface area contributed by atoms with E-state index in [2.05, 4.69) is 15.4 Å². The highest BCUT2D eigenvalue weighted by atomic mass is 32.1. The Balaban J connectivity index is 1.80. The van der Waals surface area contributed by atoms with Gasteiger partial charge in [0.25, 0.3) is 0 Å². The number of methoxy groups -OCH3 is 1. The van der Waals surface area contributed by atoms with Crippen molar-refractivity contribution in [3.63, 3.8) is 0 Å². The first-order chi connectivity index (χ1) is 13.0. The molecule has 0 spiro atoms. The number of imidazole rings is 1. The predicted molar refractivity (Wildman–Crippen MR) is 84.6 cm³/mol. The van der Waals surface area contributed by atoms with Gasteiger partial charge in [0, 0.05) is 26.1 Å². The van der Waals surface area contributed by atoms with Crippen molar-refractivity contribution in [1.82, 2.24) is 24.8 Å². The maximum absolute atomic E-state index is 13.5. The Morgan fingerprint density at radius 2 is 2.00 bits per heavy atom. The number of alkyl halides is 6. The molecule has 0 bridgehead atoms. The first-order valence-electron chi connectivity index (χ1n) is 8.03. The second-order valence-corrected chi connectivity index (χ2v) is 7.25. The zero-order chi connectivity index (χ0) is 20.7. The number of ether oxygens (including phenoxy) is 1. The van der Waals surface area contributed by atoms with Gasteiger partial charge in [-0.2, -0.15) is 36.0 Å². The van der Waals surface area contributed by atoms with Gasteiger partial charge in [-0.1, -0.05) is 11.3 Å². The molecule has 0 saturated carbocycles. The number of fused-ring (bicyclic) bond motifs is 1. The summed E-state index contributed by atoms with van der Waals surface area (Å²) in [6, 6.07) is -1.52. The summed E-state index contributed by atoms with van der Waals surface area (Å²) in [5.41, 5.74) is -1.53. The molecule has 2 aromatic rings. The Labute approximate surface area is 158 Å². The normalized spacial score (nSPS) is 18.3. The number of aromatic nitrogens is 3. The van der Waals surface area contributed by atoms with Gasteiger partial charge in [-0.25, -0.2) is 9.78 Å². The minimum absolute atomic E-state index is 0.0115. The lowest BCUT2D eigenvalue weighted by molar-refractivity contribution is -0.143. The minimum Gasteiger partial charge on any atom is -0.377 e. The molecule has 1 N–H and O–H groups in total. The molecular weight excluding hydrogens is 416 g/mol. The van der Waals surface area contributed by atoms with E-state index >= 15 is 0 Å². The van der Waals surface area contributed by atoms with Crippen molar-refractivity contribution in [3.05, 3.63) is 16.4 Å². The van der Waals surface area contributed by atoms with Crippen molar-refractivity contribution in [2.45, 2.75) is 44.4 Å². The van der Waals surface area contributed by atoms with Crippen LogP contribution in [0.4, 0.5) is 31.1 Å². The number of carbonyl (C=O) groups is 1. The van der Waals surface area contributed by atoms with Crippen LogP contribution in [-0.2, 0) is 24.1 Å². The van der Waals surface area contributed by atoms with E-state index < -0.39 is 48.8 Å². The average molecular weight is 431 g/mol. The highest BCUT2D eigenvalue weighted by Crippen LogP contribution is 2.35. The summed E-state index contributed by atoms with van der Waals surface area (Å²) < 4.78 is 83.1. The number of nitrogens with zero attached hydrogens (tertiary/aromatic N) is 4. The zero-order valence-electron chi connectivity index (χ0n) is 14.4. The van der Waals surface area contributed by atoms with Gasteiger partial charge in [-0.3, -0.25) is 0 Å². The molecule has 14 heteroatoms. The smallest absolute Gasteiger partial charge is 0.377 e. The van der Waals surface area contributed by atoms with Crippen LogP contribution in [0, 0.1) is 0 Å². The van der Waals surface area contributed by atoms with Crippen LogP contribution in [0.1, 0.15) is 29.2 Å². The van der Waals surface area contributed by atoms with Gasteiger partial charge in [0.2, 0.25) is 4.96 Å². The van der Waals surface area contributed by atoms with E-state index in [1.165, 1.54) is 7.11 Å². The van der Waals surface area contributed by atoms with Crippen LogP contribution in [-0.4, -0.2) is 51.4 Å². The quantitative estimate of drug-likeness (QED) is 0.714. The molecule has 3 rings (SSSR count). The maximum Gasteiger partial charge on any atom is 0.435 e. The Kier molecular flexibility index (Phi) is 5.44. The molecule has 156 valence electrons. The third-order valence-electron chi connectivity index (χ3n) is 4.03. The van der Waals surface area contributed by atoms with Gasteiger partial charge in [-0.15, -0.1) is 0 Å². The molecule has 7 nitrogen and oxygen atoms in total. The van der Waals surface area contributed by atoms with Gasteiger partial charge in [-0.05, 0) is 6.42 Å². The highest BCUT2D eigenvalue weighted by Gasteiger charge is 2.41. The number of rotatable bonds is 6. The SMILES string of the molecule is COCc1nn2c(C(F)(F)F)c(CN3CC(CCC(F)(F)F)NC3=O)nc2s1. The number of urea groups is 1. The standard InChI is InChI=1S/C14H15F6N5O2S/c1-27-6-9-23-25-10(14(18,19)20)8(22-12(25)28-9)5-24-4-7(21-11(24)26)2-3-13(15,16)17/h7H,2-6H2,1H3,(H,21,26). The van der Waals surface area contributed by atoms with E-state index in [0.29, 0.717) is 9.52 Å². The van der Waals surface area contributed by atoms with Crippen LogP contribution in [0.25, 0.3) is 4.96 Å². The summed E-state index contributed by atoms with van der Waals surface area (Å²) >= 11 is 0.915. The largest absolute Gasteiger partial charge is 0.435 e. The van der Waals surface area contributed by atoms with E-state index in [-0.39, 0.29) is 24.5 Å². The van der Waals surface area contributed by atoms with E-state index in [9.17, 15) is 31.1 Å². The summed E-state index contributed by atoms with van der Waals surface area (Å²) in [6.07, 6.45) is -10.6. The lowest BCUT2D eigenvalue weighted by atomic mass is 10.1. The van der Waals surface area contributed by atoms with Gasteiger partial charge in [0.1, 0.15) is 5.01 Å². The van der Waals surface area contributed by atoms with Crippen LogP contribution < -0.4 is 5.32 Å². The fraction of sp³-hybridized carbons (Fsp3) is 0.643. The fourth-order valence-corrected chi connectivity index (χ4v) is 3.77. The molecule has 0 aromatic carbocycles. The summed E-state index contributed by atoms with van der Waals surface area (Å²) in [5.74, 6) is 0. The molecule has 1 saturated heterocycles. The Hall–Kier alpha value is -2.09. The van der Waals surface area contributed by atoms with Crippen molar-refractivity contribution < 1.29 is 35.9 Å². The maximum atomic E-state index is 13.5. The van der Waals surface area contributed by atoms with Crippen molar-refractivity contribution in [1.29, 1.82) is 0 Å². The van der Waals surface area contributed by atoms with E-state index in [1.807, 2.05) is 0 Å². The fourth-order valence-electron chi connectivity index (χ4n) is 2.88. The lowest BCUT2D eigenvalue weighted by Crippen LogP contribution is -2.29. The van der Waals surface area contributed by atoms with Crippen molar-refractivity contribution in [3.8, 4) is 0 Å². The molecule has 1 unspecified atom stereocenters. The number of hydrogen-bond acceptors (Lipinski definition) is 5. The van der Waals surface area contributed by atoms with Gasteiger partial charge in [0.05, 0.1) is 18.8 Å². The van der Waals surface area contributed by atoms with E-state index in [4.69, 9.17) is 4.74 Å². The predicted octanol–water partition coefficient (Wildman–Crippen LogP) is 3.19. The number of hydrogen-bond donors (Lipinski definition) is 1. The highest BCUT2D eigenvalue weighted by molar-refractivity contribution is 7.16. The Morgan fingerprint density at radius 3 is 2.61 bits per heavy atom. The second-order valence-electron chi connectivity index (χ2n) is 6.21. The van der Waals surface area contributed by atoms with Crippen LogP contribution in [0.5, 0.6) is 0 Å². The number of nitrogens with one attached hydrogen (secondary N) is 1. The second kappa shape index (κ2) is 7.39. The van der Waals surface area contributed by atoms with Gasteiger partial charge >= 0.3 is 18.4 Å². The summed E-state index contributed by atoms with van der Waals surface area (Å²) in [6.45, 7) is -0.602. The molecule has 1 aliphatic rings. The summed E-state index contributed by atoms with van der Waals surface area (Å²) in [5, 5.41) is 6.49. The van der Waals surface area contributed by atoms with Crippen molar-refractivity contribution in [2.24, 2.45) is 0 Å². The van der Waals surface area contributed by atoms with Crippen LogP contribution in [0.2, 0.25) is 0 Å². The number of carbonyl (C=O) groups excluding carboxylic acids is 1. The van der Waals surface area contributed by atoms with Crippen LogP contribution in [0.15, 0.2) is 0 Å². The van der Waals surface area contributed by atoms with Crippen molar-refractivity contribution in [2.75, 3.05) is 13.7 Å². The zero-order valence-corrected chi connectivity index (χ0v) is 15.2. The molecular formula is C14H15F6N5O2S. The molecule has 1 aliphatic heterocycles. The number of amides is 2. The summed E-state index contributed by atoms with van der Waals surface area (Å²) in [7, 11) is 1.38. The molecule has 2 amide bonds. The molecule has 1 fully saturated rings. The average Bonchev–Trinajstić information content (AvgIpc) is 3.17. The Morgan fingerprint density at radius 1 is 1.29 bits per heavy atom. The molecule has 1 atom stereocenters. The number of halogens is 6. The molecule has 28 heavy (non-hydrogen) atoms. The molecule has 3 heterocycles. The monoisotopic (exact) mass is 431 g/mol. The van der Waals surface area contributed by atoms with Gasteiger partial charge < -0.3 is 15.0 Å². The first kappa shape index (κ1) is 20.6. The molecule has 2 aromatic heterocycles. The Bertz CT molecular complexity index is 861. The van der Waals surface area contributed by atoms with Crippen molar-refractivity contribution >= 4 is 22.3 Å².